The lowest BCUT2D eigenvalue weighted by Gasteiger charge is -2.39. The molecule has 29 heavy (non-hydrogen) atoms. The van der Waals surface area contributed by atoms with Gasteiger partial charge in [-0.05, 0) is 43.7 Å². The fourth-order valence-corrected chi connectivity index (χ4v) is 3.38. The number of furan rings is 1. The second-order valence-electron chi connectivity index (χ2n) is 6.87. The molecular weight excluding hydrogens is 370 g/mol. The number of rotatable bonds is 8. The van der Waals surface area contributed by atoms with Crippen LogP contribution in [0.3, 0.4) is 0 Å². The minimum absolute atomic E-state index is 0.0421. The van der Waals surface area contributed by atoms with Crippen molar-refractivity contribution in [3.8, 4) is 5.75 Å². The van der Waals surface area contributed by atoms with E-state index in [-0.39, 0.29) is 11.9 Å². The van der Waals surface area contributed by atoms with Crippen molar-refractivity contribution in [2.75, 3.05) is 12.4 Å². The molecule has 0 saturated heterocycles. The Hall–Kier alpha value is -3.25. The first-order valence-corrected chi connectivity index (χ1v) is 9.38. The molecule has 0 amide bonds. The second kappa shape index (κ2) is 8.84. The zero-order chi connectivity index (χ0) is 20.9. The Morgan fingerprint density at radius 3 is 2.31 bits per heavy atom. The van der Waals surface area contributed by atoms with E-state index in [9.17, 15) is 9.90 Å². The van der Waals surface area contributed by atoms with Crippen LogP contribution in [-0.4, -0.2) is 24.3 Å². The van der Waals surface area contributed by atoms with E-state index in [2.05, 4.69) is 5.32 Å². The van der Waals surface area contributed by atoms with Gasteiger partial charge in [-0.3, -0.25) is 0 Å². The van der Waals surface area contributed by atoms with Crippen LogP contribution in [0.2, 0.25) is 0 Å². The SMILES string of the molecule is COC(=O)[C@](OC(C)C)(c1ccccc1)[C@@H](Nc1ccccc1O)c1ccco1. The third-order valence-electron chi connectivity index (χ3n) is 4.55. The lowest BCUT2D eigenvalue weighted by Crippen LogP contribution is -2.49. The van der Waals surface area contributed by atoms with E-state index in [0.717, 1.165) is 0 Å². The van der Waals surface area contributed by atoms with Gasteiger partial charge in [0.25, 0.3) is 0 Å². The Kier molecular flexibility index (Phi) is 6.24. The van der Waals surface area contributed by atoms with Gasteiger partial charge in [-0.25, -0.2) is 4.79 Å². The van der Waals surface area contributed by atoms with E-state index in [0.29, 0.717) is 17.0 Å². The Bertz CT molecular complexity index is 923. The van der Waals surface area contributed by atoms with E-state index in [1.807, 2.05) is 44.2 Å². The molecule has 0 aliphatic heterocycles. The van der Waals surface area contributed by atoms with Crippen LogP contribution >= 0.6 is 0 Å². The first kappa shape index (κ1) is 20.5. The highest BCUT2D eigenvalue weighted by Gasteiger charge is 2.53. The first-order chi connectivity index (χ1) is 14.0. The van der Waals surface area contributed by atoms with Crippen molar-refractivity contribution in [1.82, 2.24) is 0 Å². The van der Waals surface area contributed by atoms with E-state index in [4.69, 9.17) is 13.9 Å². The van der Waals surface area contributed by atoms with Gasteiger partial charge < -0.3 is 24.3 Å². The van der Waals surface area contributed by atoms with Crippen molar-refractivity contribution in [3.05, 3.63) is 84.3 Å². The van der Waals surface area contributed by atoms with Gasteiger partial charge in [0.15, 0.2) is 0 Å². The fraction of sp³-hybridized carbons (Fsp3) is 0.261. The Morgan fingerprint density at radius 1 is 1.03 bits per heavy atom. The van der Waals surface area contributed by atoms with Crippen molar-refractivity contribution in [3.63, 3.8) is 0 Å². The van der Waals surface area contributed by atoms with Gasteiger partial charge in [0.2, 0.25) is 5.60 Å². The molecule has 3 aromatic rings. The number of hydrogen-bond acceptors (Lipinski definition) is 6. The van der Waals surface area contributed by atoms with E-state index < -0.39 is 17.6 Å². The van der Waals surface area contributed by atoms with Crippen molar-refractivity contribution < 1.29 is 23.8 Å². The highest BCUT2D eigenvalue weighted by atomic mass is 16.6. The fourth-order valence-electron chi connectivity index (χ4n) is 3.38. The molecule has 0 unspecified atom stereocenters. The molecular formula is C23H25NO5. The number of para-hydroxylation sites is 2. The number of carbonyl (C=O) groups is 1. The summed E-state index contributed by atoms with van der Waals surface area (Å²) in [7, 11) is 1.32. The average Bonchev–Trinajstić information content (AvgIpc) is 3.26. The summed E-state index contributed by atoms with van der Waals surface area (Å²) in [6.07, 6.45) is 1.22. The number of ether oxygens (including phenoxy) is 2. The number of benzene rings is 2. The summed E-state index contributed by atoms with van der Waals surface area (Å²) in [6, 6.07) is 18.6. The number of carbonyl (C=O) groups excluding carboxylic acids is 1. The van der Waals surface area contributed by atoms with Crippen LogP contribution in [0, 0.1) is 0 Å². The van der Waals surface area contributed by atoms with Crippen molar-refractivity contribution in [1.29, 1.82) is 0 Å². The number of anilines is 1. The van der Waals surface area contributed by atoms with Gasteiger partial charge in [-0.2, -0.15) is 0 Å². The minimum Gasteiger partial charge on any atom is -0.506 e. The van der Waals surface area contributed by atoms with Crippen LogP contribution in [0.15, 0.2) is 77.4 Å². The van der Waals surface area contributed by atoms with Gasteiger partial charge in [-0.15, -0.1) is 0 Å². The van der Waals surface area contributed by atoms with Crippen molar-refractivity contribution in [2.45, 2.75) is 31.6 Å². The Morgan fingerprint density at radius 2 is 1.72 bits per heavy atom. The summed E-state index contributed by atoms with van der Waals surface area (Å²) in [5.41, 5.74) is -0.528. The van der Waals surface area contributed by atoms with Gasteiger partial charge in [0.05, 0.1) is 25.2 Å². The monoisotopic (exact) mass is 395 g/mol. The molecule has 1 heterocycles. The number of nitrogens with one attached hydrogen (secondary N) is 1. The van der Waals surface area contributed by atoms with Crippen LogP contribution in [0.25, 0.3) is 0 Å². The number of hydrogen-bond donors (Lipinski definition) is 2. The molecule has 0 aliphatic carbocycles. The first-order valence-electron chi connectivity index (χ1n) is 9.38. The summed E-state index contributed by atoms with van der Waals surface area (Å²) in [5, 5.41) is 13.6. The van der Waals surface area contributed by atoms with E-state index >= 15 is 0 Å². The smallest absolute Gasteiger partial charge is 0.345 e. The van der Waals surface area contributed by atoms with Crippen LogP contribution in [-0.2, 0) is 19.9 Å². The maximum atomic E-state index is 13.3. The number of phenols is 1. The maximum Gasteiger partial charge on any atom is 0.345 e. The highest BCUT2D eigenvalue weighted by molar-refractivity contribution is 5.83. The highest BCUT2D eigenvalue weighted by Crippen LogP contribution is 2.44. The summed E-state index contributed by atoms with van der Waals surface area (Å²) < 4.78 is 17.2. The lowest BCUT2D eigenvalue weighted by atomic mass is 9.83. The number of esters is 1. The number of aromatic hydroxyl groups is 1. The van der Waals surface area contributed by atoms with E-state index in [1.165, 1.54) is 13.4 Å². The standard InChI is InChI=1S/C23H25NO5/c1-16(2)29-23(22(26)27-3,17-10-5-4-6-11-17)21(20-14-9-15-28-20)24-18-12-7-8-13-19(18)25/h4-16,21,24-25H,1-3H3/t21-,23-/m0/s1. The zero-order valence-electron chi connectivity index (χ0n) is 16.7. The molecule has 152 valence electrons. The van der Waals surface area contributed by atoms with Crippen molar-refractivity contribution >= 4 is 11.7 Å². The summed E-state index contributed by atoms with van der Waals surface area (Å²) >= 11 is 0. The number of methoxy groups -OCH3 is 1. The Balaban J connectivity index is 2.24. The van der Waals surface area contributed by atoms with Crippen LogP contribution in [0.1, 0.15) is 31.2 Å². The molecule has 2 atom stereocenters. The normalized spacial score (nSPS) is 14.2. The molecule has 3 rings (SSSR count). The minimum atomic E-state index is -1.57. The summed E-state index contributed by atoms with van der Waals surface area (Å²) in [5.74, 6) is -0.0784. The van der Waals surface area contributed by atoms with Gasteiger partial charge in [-0.1, -0.05) is 42.5 Å². The predicted octanol–water partition coefficient (Wildman–Crippen LogP) is 4.63. The second-order valence-corrected chi connectivity index (χ2v) is 6.87. The molecule has 0 radical (unpaired) electrons. The average molecular weight is 395 g/mol. The summed E-state index contributed by atoms with van der Waals surface area (Å²) in [6.45, 7) is 3.69. The molecule has 6 heteroatoms. The topological polar surface area (TPSA) is 80.9 Å². The molecule has 0 aliphatic rings. The predicted molar refractivity (Wildman–Crippen MR) is 110 cm³/mol. The van der Waals surface area contributed by atoms with Crippen LogP contribution in [0.4, 0.5) is 5.69 Å². The molecule has 0 fully saturated rings. The molecule has 0 bridgehead atoms. The Labute approximate surface area is 170 Å². The molecule has 2 aromatic carbocycles. The molecule has 0 spiro atoms. The van der Waals surface area contributed by atoms with Crippen LogP contribution < -0.4 is 5.32 Å². The molecule has 0 saturated carbocycles. The van der Waals surface area contributed by atoms with Crippen LogP contribution in [0.5, 0.6) is 5.75 Å². The molecule has 6 nitrogen and oxygen atoms in total. The maximum absolute atomic E-state index is 13.3. The van der Waals surface area contributed by atoms with Gasteiger partial charge >= 0.3 is 5.97 Å². The number of phenolic OH excluding ortho intramolecular Hbond substituents is 1. The lowest BCUT2D eigenvalue weighted by molar-refractivity contribution is -0.182. The van der Waals surface area contributed by atoms with Crippen molar-refractivity contribution in [2.24, 2.45) is 0 Å². The third-order valence-corrected chi connectivity index (χ3v) is 4.55. The molecule has 2 N–H and O–H groups in total. The van der Waals surface area contributed by atoms with Gasteiger partial charge in [0, 0.05) is 0 Å². The third kappa shape index (κ3) is 4.12. The van der Waals surface area contributed by atoms with Gasteiger partial charge in [0.1, 0.15) is 17.6 Å². The molecule has 1 aromatic heterocycles. The largest absolute Gasteiger partial charge is 0.506 e. The summed E-state index contributed by atoms with van der Waals surface area (Å²) in [4.78, 5) is 13.3. The van der Waals surface area contributed by atoms with E-state index in [1.54, 1.807) is 36.4 Å². The quantitative estimate of drug-likeness (QED) is 0.427. The zero-order valence-corrected chi connectivity index (χ0v) is 16.7.